The first-order valence-electron chi connectivity index (χ1n) is 5.76. The van der Waals surface area contributed by atoms with Crippen LogP contribution >= 0.6 is 0 Å². The fourth-order valence-corrected chi connectivity index (χ4v) is 1.66. The summed E-state index contributed by atoms with van der Waals surface area (Å²) >= 11 is 0. The number of rotatable bonds is 4. The third kappa shape index (κ3) is 5.30. The molecule has 106 valence electrons. The normalized spacial score (nSPS) is 10.9. The van der Waals surface area contributed by atoms with E-state index >= 15 is 0 Å². The van der Waals surface area contributed by atoms with Crippen LogP contribution in [-0.4, -0.2) is 12.1 Å². The van der Waals surface area contributed by atoms with Crippen LogP contribution in [0.25, 0.3) is 0 Å². The van der Waals surface area contributed by atoms with Gasteiger partial charge in [0.05, 0.1) is 5.75 Å². The smallest absolute Gasteiger partial charge is 0.508 e. The Kier molecular flexibility index (Phi) is 6.74. The molecule has 2 aromatic rings. The summed E-state index contributed by atoms with van der Waals surface area (Å²) in [4.78, 5) is 0. The molecule has 0 aliphatic heterocycles. The van der Waals surface area contributed by atoms with Crippen molar-refractivity contribution in [2.75, 3.05) is 0 Å². The van der Waals surface area contributed by atoms with Gasteiger partial charge < -0.3 is 22.8 Å². The average Bonchev–Trinajstić information content (AvgIpc) is 2.38. The molecule has 1 N–H and O–H groups in total. The van der Waals surface area contributed by atoms with Gasteiger partial charge in [-0.1, -0.05) is 17.6 Å². The van der Waals surface area contributed by atoms with Gasteiger partial charge in [0, 0.05) is 0 Å². The second kappa shape index (κ2) is 7.64. The number of aromatic hydroxyl groups is 1. The Hall–Kier alpha value is -0.539. The molecule has 0 amide bonds. The molecular formula is C13H10BF4KO2. The van der Waals surface area contributed by atoms with E-state index in [0.717, 1.165) is 12.1 Å². The minimum atomic E-state index is -5.35. The van der Waals surface area contributed by atoms with Gasteiger partial charge in [0.15, 0.2) is 0 Å². The molecule has 2 aromatic carbocycles. The molecule has 0 fully saturated rings. The summed E-state index contributed by atoms with van der Waals surface area (Å²) in [6, 6.07) is 8.15. The fourth-order valence-electron chi connectivity index (χ4n) is 1.66. The van der Waals surface area contributed by atoms with E-state index in [9.17, 15) is 17.3 Å². The van der Waals surface area contributed by atoms with Crippen LogP contribution in [0.15, 0.2) is 42.5 Å². The maximum Gasteiger partial charge on any atom is 1.00 e. The monoisotopic (exact) mass is 324 g/mol. The van der Waals surface area contributed by atoms with Crippen molar-refractivity contribution < 1.29 is 78.6 Å². The maximum absolute atomic E-state index is 12.9. The van der Waals surface area contributed by atoms with E-state index in [1.807, 2.05) is 0 Å². The van der Waals surface area contributed by atoms with Crippen LogP contribution in [0.3, 0.4) is 0 Å². The third-order valence-corrected chi connectivity index (χ3v) is 2.66. The van der Waals surface area contributed by atoms with Crippen molar-refractivity contribution in [1.29, 1.82) is 0 Å². The Morgan fingerprint density at radius 1 is 1.00 bits per heavy atom. The zero-order valence-corrected chi connectivity index (χ0v) is 14.3. The van der Waals surface area contributed by atoms with Gasteiger partial charge >= 0.3 is 58.4 Å². The molecule has 0 aliphatic carbocycles. The van der Waals surface area contributed by atoms with Crippen molar-refractivity contribution in [2.24, 2.45) is 0 Å². The number of halogens is 4. The van der Waals surface area contributed by atoms with Gasteiger partial charge in [0.25, 0.3) is 0 Å². The van der Waals surface area contributed by atoms with Crippen LogP contribution in [-0.2, 0) is 6.61 Å². The molecule has 8 heteroatoms. The second-order valence-corrected chi connectivity index (χ2v) is 4.21. The van der Waals surface area contributed by atoms with E-state index in [1.54, 1.807) is 0 Å². The first-order valence-corrected chi connectivity index (χ1v) is 5.76. The number of phenols is 1. The second-order valence-electron chi connectivity index (χ2n) is 4.21. The summed E-state index contributed by atoms with van der Waals surface area (Å²) in [6.07, 6.45) is 0. The number of hydrogen-bond donors (Lipinski definition) is 1. The van der Waals surface area contributed by atoms with Crippen LogP contribution < -0.4 is 61.6 Å². The molecule has 0 unspecified atom stereocenters. The third-order valence-electron chi connectivity index (χ3n) is 2.66. The summed E-state index contributed by atoms with van der Waals surface area (Å²) < 4.78 is 56.4. The van der Waals surface area contributed by atoms with E-state index < -0.39 is 24.0 Å². The SMILES string of the molecule is Oc1ccc(COc2ccc(F)cc2[B-](F)(F)F)cc1.[K+]. The molecule has 0 bridgehead atoms. The van der Waals surface area contributed by atoms with Crippen molar-refractivity contribution >= 4 is 12.4 Å². The number of hydrogen-bond acceptors (Lipinski definition) is 2. The first kappa shape index (κ1) is 18.5. The first-order chi connectivity index (χ1) is 9.36. The average molecular weight is 324 g/mol. The van der Waals surface area contributed by atoms with Crippen molar-refractivity contribution in [2.45, 2.75) is 6.61 Å². The Labute approximate surface area is 161 Å². The molecule has 0 heterocycles. The van der Waals surface area contributed by atoms with Crippen LogP contribution in [0.4, 0.5) is 17.3 Å². The minimum Gasteiger partial charge on any atom is -0.508 e. The number of benzene rings is 2. The molecule has 2 rings (SSSR count). The van der Waals surface area contributed by atoms with E-state index in [0.29, 0.717) is 11.6 Å². The molecule has 0 aromatic heterocycles. The molecule has 0 aliphatic rings. The Bertz CT molecular complexity index is 602. The molecular weight excluding hydrogens is 314 g/mol. The van der Waals surface area contributed by atoms with Crippen molar-refractivity contribution in [3.8, 4) is 11.5 Å². The van der Waals surface area contributed by atoms with Gasteiger partial charge in [0.1, 0.15) is 18.2 Å². The molecule has 21 heavy (non-hydrogen) atoms. The largest absolute Gasteiger partial charge is 1.00 e. The Morgan fingerprint density at radius 2 is 1.62 bits per heavy atom. The molecule has 0 atom stereocenters. The molecule has 0 saturated carbocycles. The molecule has 0 radical (unpaired) electrons. The predicted molar refractivity (Wildman–Crippen MR) is 67.6 cm³/mol. The standard InChI is InChI=1S/C13H10BF4O2.K/c15-10-3-6-13(12(7-10)14(16,17)18)20-8-9-1-4-11(19)5-2-9;/h1-7,19H,8H2;/q-1;+1. The number of phenolic OH excluding ortho intramolecular Hbond substituents is 1. The van der Waals surface area contributed by atoms with Crippen LogP contribution in [0.5, 0.6) is 11.5 Å². The van der Waals surface area contributed by atoms with Gasteiger partial charge in [-0.15, -0.1) is 0 Å². The summed E-state index contributed by atoms with van der Waals surface area (Å²) in [5.74, 6) is -1.32. The van der Waals surface area contributed by atoms with Crippen LogP contribution in [0.1, 0.15) is 5.56 Å². The van der Waals surface area contributed by atoms with Gasteiger partial charge in [0.2, 0.25) is 0 Å². The quantitative estimate of drug-likeness (QED) is 0.642. The topological polar surface area (TPSA) is 29.5 Å². The summed E-state index contributed by atoms with van der Waals surface area (Å²) in [7, 11) is 0. The van der Waals surface area contributed by atoms with E-state index in [-0.39, 0.29) is 63.7 Å². The molecule has 0 spiro atoms. The van der Waals surface area contributed by atoms with Crippen molar-refractivity contribution in [1.82, 2.24) is 0 Å². The summed E-state index contributed by atoms with van der Waals surface area (Å²) in [6.45, 7) is -5.46. The van der Waals surface area contributed by atoms with Crippen LogP contribution in [0, 0.1) is 5.82 Å². The van der Waals surface area contributed by atoms with Crippen LogP contribution in [0.2, 0.25) is 0 Å². The summed E-state index contributed by atoms with van der Waals surface area (Å²) in [5.41, 5.74) is -0.503. The van der Waals surface area contributed by atoms with Gasteiger partial charge in [-0.05, 0) is 35.9 Å². The molecule has 2 nitrogen and oxygen atoms in total. The minimum absolute atomic E-state index is 0. The Balaban J connectivity index is 0.00000220. The summed E-state index contributed by atoms with van der Waals surface area (Å²) in [5, 5.41) is 9.09. The van der Waals surface area contributed by atoms with E-state index in [1.165, 1.54) is 24.3 Å². The maximum atomic E-state index is 12.9. The molecule has 0 saturated heterocycles. The van der Waals surface area contributed by atoms with Gasteiger partial charge in [-0.2, -0.15) is 0 Å². The predicted octanol–water partition coefficient (Wildman–Crippen LogP) is 0.169. The van der Waals surface area contributed by atoms with E-state index in [2.05, 4.69) is 0 Å². The van der Waals surface area contributed by atoms with E-state index in [4.69, 9.17) is 9.84 Å². The Morgan fingerprint density at radius 3 is 2.19 bits per heavy atom. The fraction of sp³-hybridized carbons (Fsp3) is 0.0769. The zero-order valence-electron chi connectivity index (χ0n) is 11.2. The van der Waals surface area contributed by atoms with Crippen molar-refractivity contribution in [3.05, 3.63) is 53.8 Å². The van der Waals surface area contributed by atoms with Gasteiger partial charge in [-0.25, -0.2) is 4.39 Å². The van der Waals surface area contributed by atoms with Crippen molar-refractivity contribution in [3.63, 3.8) is 0 Å². The zero-order chi connectivity index (χ0) is 14.8. The van der Waals surface area contributed by atoms with Gasteiger partial charge in [-0.3, -0.25) is 0 Å². The number of ether oxygens (including phenoxy) is 1.